The topological polar surface area (TPSA) is 116 Å². The molecule has 1 rings (SSSR count). The lowest BCUT2D eigenvalue weighted by Crippen LogP contribution is -2.63. The lowest BCUT2D eigenvalue weighted by atomic mass is 9.99. The molecule has 8 heteroatoms. The van der Waals surface area contributed by atoms with E-state index in [0.29, 0.717) is 0 Å². The summed E-state index contributed by atoms with van der Waals surface area (Å²) in [5.41, 5.74) is 0. The largest absolute Gasteiger partial charge is 0.420 e. The molecule has 1 heterocycles. The van der Waals surface area contributed by atoms with Gasteiger partial charge in [-0.1, -0.05) is 0 Å². The molecule has 5 atom stereocenters. The fourth-order valence-corrected chi connectivity index (χ4v) is 2.12. The molecule has 4 N–H and O–H groups in total. The molecule has 16 heavy (non-hydrogen) atoms. The van der Waals surface area contributed by atoms with Gasteiger partial charge in [-0.05, 0) is 15.9 Å². The Balaban J connectivity index is 2.89. The predicted molar refractivity (Wildman–Crippen MR) is 53.4 cm³/mol. The summed E-state index contributed by atoms with van der Waals surface area (Å²) >= 11 is 2.81. The van der Waals surface area contributed by atoms with Gasteiger partial charge in [0.25, 0.3) is 4.70 Å². The monoisotopic (exact) mass is 300 g/mol. The minimum absolute atomic E-state index is 0.598. The fraction of sp³-hybridized carbons (Fsp3) is 0.875. The van der Waals surface area contributed by atoms with Crippen molar-refractivity contribution in [3.8, 4) is 0 Å². The summed E-state index contributed by atoms with van der Waals surface area (Å²) in [6, 6.07) is 0. The Morgan fingerprint density at radius 1 is 1.44 bits per heavy atom. The molecule has 0 aromatic rings. The summed E-state index contributed by atoms with van der Waals surface area (Å²) in [6.45, 7) is 0.490. The van der Waals surface area contributed by atoms with Gasteiger partial charge in [0.2, 0.25) is 0 Å². The smallest absolute Gasteiger partial charge is 0.305 e. The summed E-state index contributed by atoms with van der Waals surface area (Å²) in [7, 11) is 0. The summed E-state index contributed by atoms with van der Waals surface area (Å²) < 4.78 is 7.69. The maximum atomic E-state index is 10.8. The Kier molecular flexibility index (Phi) is 4.27. The molecule has 0 spiro atoms. The van der Waals surface area contributed by atoms with Crippen molar-refractivity contribution in [2.75, 3.05) is 6.61 Å². The van der Waals surface area contributed by atoms with E-state index in [9.17, 15) is 20.1 Å². The van der Waals surface area contributed by atoms with Crippen LogP contribution < -0.4 is 0 Å². The number of aliphatic hydroxyl groups excluding tert-OH is 4. The van der Waals surface area contributed by atoms with E-state index in [0.717, 1.165) is 6.92 Å². The van der Waals surface area contributed by atoms with Crippen molar-refractivity contribution in [3.05, 3.63) is 0 Å². The molecule has 1 saturated heterocycles. The number of ether oxygens (including phenoxy) is 2. The maximum Gasteiger partial charge on any atom is 0.305 e. The highest BCUT2D eigenvalue weighted by Gasteiger charge is 2.54. The number of halogens is 1. The van der Waals surface area contributed by atoms with Crippen LogP contribution in [-0.2, 0) is 14.3 Å². The Labute approximate surface area is 99.7 Å². The first-order valence-electron chi connectivity index (χ1n) is 4.53. The number of hydrogen-bond acceptors (Lipinski definition) is 7. The van der Waals surface area contributed by atoms with Gasteiger partial charge in [-0.2, -0.15) is 0 Å². The van der Waals surface area contributed by atoms with Crippen LogP contribution in [0.25, 0.3) is 0 Å². The van der Waals surface area contributed by atoms with Crippen LogP contribution in [0.3, 0.4) is 0 Å². The lowest BCUT2D eigenvalue weighted by Gasteiger charge is -2.43. The molecular formula is C8H13BrO7. The first-order valence-corrected chi connectivity index (χ1v) is 5.32. The third-order valence-electron chi connectivity index (χ3n) is 2.18. The van der Waals surface area contributed by atoms with Gasteiger partial charge in [0.15, 0.2) is 6.10 Å². The van der Waals surface area contributed by atoms with Crippen molar-refractivity contribution in [1.29, 1.82) is 0 Å². The van der Waals surface area contributed by atoms with Crippen molar-refractivity contribution < 1.29 is 34.7 Å². The van der Waals surface area contributed by atoms with Crippen LogP contribution in [-0.4, -0.2) is 62.1 Å². The van der Waals surface area contributed by atoms with Gasteiger partial charge in [0.1, 0.15) is 18.3 Å². The predicted octanol–water partition coefficient (Wildman–Crippen LogP) is -1.93. The summed E-state index contributed by atoms with van der Waals surface area (Å²) in [6.07, 6.45) is -5.92. The third-order valence-corrected chi connectivity index (χ3v) is 3.00. The van der Waals surface area contributed by atoms with E-state index >= 15 is 0 Å². The number of carbonyl (C=O) groups is 1. The highest BCUT2D eigenvalue weighted by molar-refractivity contribution is 9.10. The number of aliphatic hydroxyl groups is 4. The van der Waals surface area contributed by atoms with Crippen molar-refractivity contribution in [2.45, 2.75) is 36.0 Å². The van der Waals surface area contributed by atoms with E-state index in [4.69, 9.17) is 9.84 Å². The SMILES string of the molecule is CC(=O)O[C@]1(Br)O[C@H](CO)[C@@H](O)[C@H](O)[C@H]1O. The second kappa shape index (κ2) is 4.94. The molecule has 1 fully saturated rings. The molecule has 1 aliphatic heterocycles. The molecule has 0 saturated carbocycles. The number of esters is 1. The average molecular weight is 301 g/mol. The zero-order valence-corrected chi connectivity index (χ0v) is 9.99. The molecule has 0 aromatic carbocycles. The Morgan fingerprint density at radius 2 is 2.00 bits per heavy atom. The summed E-state index contributed by atoms with van der Waals surface area (Å²) in [4.78, 5) is 10.8. The molecule has 0 radical (unpaired) electrons. The Bertz CT molecular complexity index is 271. The fourth-order valence-electron chi connectivity index (χ4n) is 1.38. The van der Waals surface area contributed by atoms with E-state index < -0.39 is 41.7 Å². The normalized spacial score (nSPS) is 44.1. The van der Waals surface area contributed by atoms with Gasteiger partial charge in [0, 0.05) is 6.92 Å². The van der Waals surface area contributed by atoms with Crippen LogP contribution in [0.4, 0.5) is 0 Å². The van der Waals surface area contributed by atoms with E-state index in [-0.39, 0.29) is 0 Å². The quantitative estimate of drug-likeness (QED) is 0.347. The van der Waals surface area contributed by atoms with Crippen LogP contribution in [0.5, 0.6) is 0 Å². The van der Waals surface area contributed by atoms with Gasteiger partial charge < -0.3 is 29.9 Å². The highest BCUT2D eigenvalue weighted by Crippen LogP contribution is 2.36. The molecule has 7 nitrogen and oxygen atoms in total. The molecule has 1 aliphatic rings. The first kappa shape index (κ1) is 13.8. The van der Waals surface area contributed by atoms with Gasteiger partial charge in [-0.3, -0.25) is 4.79 Å². The highest BCUT2D eigenvalue weighted by atomic mass is 79.9. The molecule has 0 bridgehead atoms. The Morgan fingerprint density at radius 3 is 2.44 bits per heavy atom. The lowest BCUT2D eigenvalue weighted by molar-refractivity contribution is -0.306. The van der Waals surface area contributed by atoms with Crippen molar-refractivity contribution in [2.24, 2.45) is 0 Å². The van der Waals surface area contributed by atoms with E-state index in [2.05, 4.69) is 20.7 Å². The zero-order chi connectivity index (χ0) is 12.5. The molecule has 0 aromatic heterocycles. The summed E-state index contributed by atoms with van der Waals surface area (Å²) in [5, 5.41) is 37.4. The second-order valence-corrected chi connectivity index (χ2v) is 4.55. The van der Waals surface area contributed by atoms with Crippen LogP contribution in [0.15, 0.2) is 0 Å². The minimum atomic E-state index is -1.97. The average Bonchev–Trinajstić information content (AvgIpc) is 2.20. The maximum absolute atomic E-state index is 10.8. The van der Waals surface area contributed by atoms with Gasteiger partial charge >= 0.3 is 5.97 Å². The second-order valence-electron chi connectivity index (χ2n) is 3.44. The number of carbonyl (C=O) groups excluding carboxylic acids is 1. The van der Waals surface area contributed by atoms with Crippen LogP contribution >= 0.6 is 15.9 Å². The van der Waals surface area contributed by atoms with Crippen molar-refractivity contribution in [1.82, 2.24) is 0 Å². The Hall–Kier alpha value is -0.250. The summed E-state index contributed by atoms with van der Waals surface area (Å²) in [5.74, 6) is -0.754. The van der Waals surface area contributed by atoms with Gasteiger partial charge in [-0.25, -0.2) is 0 Å². The van der Waals surface area contributed by atoms with Crippen LogP contribution in [0.2, 0.25) is 0 Å². The molecular weight excluding hydrogens is 288 g/mol. The third kappa shape index (κ3) is 2.53. The molecule has 0 aliphatic carbocycles. The van der Waals surface area contributed by atoms with Crippen LogP contribution in [0, 0.1) is 0 Å². The van der Waals surface area contributed by atoms with E-state index in [1.807, 2.05) is 0 Å². The molecule has 94 valence electrons. The van der Waals surface area contributed by atoms with Gasteiger partial charge in [0.05, 0.1) is 6.61 Å². The molecule has 0 unspecified atom stereocenters. The zero-order valence-electron chi connectivity index (χ0n) is 8.41. The first-order chi connectivity index (χ1) is 7.31. The van der Waals surface area contributed by atoms with Gasteiger partial charge in [-0.15, -0.1) is 0 Å². The van der Waals surface area contributed by atoms with E-state index in [1.54, 1.807) is 0 Å². The van der Waals surface area contributed by atoms with Crippen molar-refractivity contribution >= 4 is 21.9 Å². The number of rotatable bonds is 2. The standard InChI is InChI=1S/C8H13BrO7/c1-3(11)15-8(9)7(14)6(13)5(12)4(2-10)16-8/h4-7,10,12-14H,2H2,1H3/t4-,5-,6+,7-,8+/m1/s1. The minimum Gasteiger partial charge on any atom is -0.420 e. The van der Waals surface area contributed by atoms with Crippen molar-refractivity contribution in [3.63, 3.8) is 0 Å². The number of hydrogen-bond donors (Lipinski definition) is 4. The molecule has 0 amide bonds. The number of alkyl halides is 1. The van der Waals surface area contributed by atoms with Crippen LogP contribution in [0.1, 0.15) is 6.92 Å². The van der Waals surface area contributed by atoms with E-state index in [1.165, 1.54) is 0 Å².